The molecule has 0 aromatic carbocycles. The van der Waals surface area contributed by atoms with E-state index in [1.54, 1.807) is 0 Å². The fourth-order valence-electron chi connectivity index (χ4n) is 2.42. The van der Waals surface area contributed by atoms with E-state index < -0.39 is 11.4 Å². The largest absolute Gasteiger partial charge is 0.481 e. The molecule has 2 aliphatic carbocycles. The molecule has 5 nitrogen and oxygen atoms in total. The second-order valence-corrected chi connectivity index (χ2v) is 5.87. The summed E-state index contributed by atoms with van der Waals surface area (Å²) >= 11 is 0. The van der Waals surface area contributed by atoms with Gasteiger partial charge in [0.2, 0.25) is 0 Å². The molecule has 2 fully saturated rings. The van der Waals surface area contributed by atoms with Crippen LogP contribution in [0.15, 0.2) is 0 Å². The van der Waals surface area contributed by atoms with Crippen molar-refractivity contribution in [3.63, 3.8) is 0 Å². The van der Waals surface area contributed by atoms with Gasteiger partial charge in [0.25, 0.3) is 0 Å². The molecule has 2 rings (SSSR count). The highest BCUT2D eigenvalue weighted by Gasteiger charge is 2.50. The Morgan fingerprint density at radius 3 is 2.17 bits per heavy atom. The predicted octanol–water partition coefficient (Wildman–Crippen LogP) is 1.73. The van der Waals surface area contributed by atoms with E-state index in [4.69, 9.17) is 5.11 Å². The highest BCUT2D eigenvalue weighted by Crippen LogP contribution is 2.49. The first kappa shape index (κ1) is 13.2. The van der Waals surface area contributed by atoms with Crippen molar-refractivity contribution in [3.05, 3.63) is 0 Å². The molecule has 0 saturated heterocycles. The quantitative estimate of drug-likeness (QED) is 0.647. The van der Waals surface area contributed by atoms with E-state index in [9.17, 15) is 9.59 Å². The van der Waals surface area contributed by atoms with Crippen LogP contribution >= 0.6 is 0 Å². The first-order valence-corrected chi connectivity index (χ1v) is 6.77. The molecule has 0 radical (unpaired) electrons. The van der Waals surface area contributed by atoms with E-state index in [-0.39, 0.29) is 12.6 Å². The molecule has 0 heterocycles. The van der Waals surface area contributed by atoms with E-state index in [1.807, 2.05) is 0 Å². The minimum Gasteiger partial charge on any atom is -0.481 e. The lowest BCUT2D eigenvalue weighted by Crippen LogP contribution is -2.42. The predicted molar refractivity (Wildman–Crippen MR) is 67.3 cm³/mol. The number of rotatable bonds is 7. The molecule has 2 saturated carbocycles. The zero-order chi connectivity index (χ0) is 13.2. The molecule has 2 aliphatic rings. The Bertz CT molecular complexity index is 346. The van der Waals surface area contributed by atoms with Crippen molar-refractivity contribution in [2.75, 3.05) is 13.1 Å². The van der Waals surface area contributed by atoms with Crippen molar-refractivity contribution < 1.29 is 14.7 Å². The average Bonchev–Trinajstić information content (AvgIpc) is 3.21. The Morgan fingerprint density at radius 1 is 1.11 bits per heavy atom. The van der Waals surface area contributed by atoms with Gasteiger partial charge in [0.15, 0.2) is 0 Å². The molecule has 0 unspecified atom stereocenters. The van der Waals surface area contributed by atoms with Crippen LogP contribution in [0.5, 0.6) is 0 Å². The minimum absolute atomic E-state index is 0.232. The summed E-state index contributed by atoms with van der Waals surface area (Å²) in [5.74, 6) is -0.799. The fraction of sp³-hybridized carbons (Fsp3) is 0.846. The molecule has 0 atom stereocenters. The molecule has 18 heavy (non-hydrogen) atoms. The van der Waals surface area contributed by atoms with Gasteiger partial charge in [0.05, 0.1) is 5.41 Å². The van der Waals surface area contributed by atoms with Gasteiger partial charge in [-0.15, -0.1) is 0 Å². The second kappa shape index (κ2) is 4.78. The van der Waals surface area contributed by atoms with Gasteiger partial charge in [0, 0.05) is 13.1 Å². The van der Waals surface area contributed by atoms with Gasteiger partial charge >= 0.3 is 12.0 Å². The van der Waals surface area contributed by atoms with Crippen LogP contribution in [0.1, 0.15) is 45.4 Å². The maximum Gasteiger partial charge on any atom is 0.314 e. The third-order valence-corrected chi connectivity index (χ3v) is 4.26. The minimum atomic E-state index is -0.799. The number of carboxylic acids is 1. The molecular weight excluding hydrogens is 232 g/mol. The summed E-state index contributed by atoms with van der Waals surface area (Å²) in [5.41, 5.74) is -0.353. The van der Waals surface area contributed by atoms with Gasteiger partial charge in [-0.1, -0.05) is 13.3 Å². The van der Waals surface area contributed by atoms with Crippen LogP contribution in [0, 0.1) is 10.8 Å². The average molecular weight is 254 g/mol. The first-order chi connectivity index (χ1) is 8.52. The van der Waals surface area contributed by atoms with E-state index in [0.29, 0.717) is 24.8 Å². The summed E-state index contributed by atoms with van der Waals surface area (Å²) in [5, 5.41) is 14.5. The fourth-order valence-corrected chi connectivity index (χ4v) is 2.42. The molecule has 0 bridgehead atoms. The Labute approximate surface area is 107 Å². The molecule has 0 aromatic heterocycles. The zero-order valence-electron chi connectivity index (χ0n) is 10.9. The van der Waals surface area contributed by atoms with Crippen LogP contribution in [0.2, 0.25) is 0 Å². The van der Waals surface area contributed by atoms with E-state index in [0.717, 1.165) is 12.8 Å². The van der Waals surface area contributed by atoms with Gasteiger partial charge in [-0.3, -0.25) is 4.79 Å². The van der Waals surface area contributed by atoms with E-state index in [2.05, 4.69) is 17.6 Å². The van der Waals surface area contributed by atoms with Crippen molar-refractivity contribution in [2.24, 2.45) is 10.8 Å². The summed E-state index contributed by atoms with van der Waals surface area (Å²) in [6.07, 6.45) is 6.03. The van der Waals surface area contributed by atoms with Crippen molar-refractivity contribution in [1.82, 2.24) is 10.6 Å². The highest BCUT2D eigenvalue weighted by molar-refractivity contribution is 5.80. The van der Waals surface area contributed by atoms with Crippen molar-refractivity contribution >= 4 is 12.0 Å². The lowest BCUT2D eigenvalue weighted by molar-refractivity contribution is -0.143. The molecule has 5 heteroatoms. The number of carbonyl (C=O) groups excluding carboxylic acids is 1. The number of carbonyl (C=O) groups is 2. The molecule has 0 aromatic rings. The van der Waals surface area contributed by atoms with Crippen LogP contribution < -0.4 is 10.6 Å². The second-order valence-electron chi connectivity index (χ2n) is 5.87. The number of amides is 2. The number of nitrogens with one attached hydrogen (secondary N) is 2. The molecular formula is C13H22N2O3. The summed E-state index contributed by atoms with van der Waals surface area (Å²) < 4.78 is 0. The lowest BCUT2D eigenvalue weighted by Gasteiger charge is -2.16. The number of hydrogen-bond acceptors (Lipinski definition) is 2. The Kier molecular flexibility index (Phi) is 3.50. The van der Waals surface area contributed by atoms with Crippen molar-refractivity contribution in [2.45, 2.75) is 45.4 Å². The zero-order valence-corrected chi connectivity index (χ0v) is 10.9. The van der Waals surface area contributed by atoms with E-state index in [1.165, 1.54) is 12.8 Å². The Balaban J connectivity index is 1.66. The third kappa shape index (κ3) is 2.94. The first-order valence-electron chi connectivity index (χ1n) is 6.77. The van der Waals surface area contributed by atoms with Gasteiger partial charge in [-0.25, -0.2) is 4.79 Å². The third-order valence-electron chi connectivity index (χ3n) is 4.26. The maximum atomic E-state index is 11.6. The van der Waals surface area contributed by atoms with Crippen molar-refractivity contribution in [1.29, 1.82) is 0 Å². The van der Waals surface area contributed by atoms with Crippen LogP contribution in [0.4, 0.5) is 4.79 Å². The smallest absolute Gasteiger partial charge is 0.314 e. The Morgan fingerprint density at radius 2 is 1.72 bits per heavy atom. The molecule has 0 aliphatic heterocycles. The topological polar surface area (TPSA) is 78.4 Å². The van der Waals surface area contributed by atoms with Gasteiger partial charge in [-0.05, 0) is 37.5 Å². The van der Waals surface area contributed by atoms with Gasteiger partial charge in [-0.2, -0.15) is 0 Å². The molecule has 3 N–H and O–H groups in total. The molecule has 2 amide bonds. The summed E-state index contributed by atoms with van der Waals surface area (Å²) in [7, 11) is 0. The van der Waals surface area contributed by atoms with Gasteiger partial charge in [0.1, 0.15) is 0 Å². The monoisotopic (exact) mass is 254 g/mol. The number of urea groups is 1. The highest BCUT2D eigenvalue weighted by atomic mass is 16.4. The molecule has 0 spiro atoms. The van der Waals surface area contributed by atoms with E-state index >= 15 is 0 Å². The summed E-state index contributed by atoms with van der Waals surface area (Å²) in [6.45, 7) is 3.12. The van der Waals surface area contributed by atoms with Crippen LogP contribution in [0.3, 0.4) is 0 Å². The number of hydrogen-bond donors (Lipinski definition) is 3. The Hall–Kier alpha value is -1.26. The van der Waals surface area contributed by atoms with Crippen LogP contribution in [-0.4, -0.2) is 30.2 Å². The normalized spacial score (nSPS) is 22.1. The maximum absolute atomic E-state index is 11.6. The number of aliphatic carboxylic acids is 1. The van der Waals surface area contributed by atoms with Crippen LogP contribution in [-0.2, 0) is 4.79 Å². The molecule has 102 valence electrons. The lowest BCUT2D eigenvalue weighted by atomic mass is 10.0. The SMILES string of the molecule is CCCC1(CNC(=O)NCC2(C(=O)O)CC2)CC1. The van der Waals surface area contributed by atoms with Crippen LogP contribution in [0.25, 0.3) is 0 Å². The van der Waals surface area contributed by atoms with Crippen molar-refractivity contribution in [3.8, 4) is 0 Å². The summed E-state index contributed by atoms with van der Waals surface area (Å²) in [6, 6.07) is -0.232. The van der Waals surface area contributed by atoms with Gasteiger partial charge < -0.3 is 15.7 Å². The number of carboxylic acid groups (broad SMARTS) is 1. The summed E-state index contributed by atoms with van der Waals surface area (Å²) in [4.78, 5) is 22.5. The standard InChI is InChI=1S/C13H22N2O3/c1-2-3-12(4-5-12)8-14-11(18)15-9-13(6-7-13)10(16)17/h2-9H2,1H3,(H,16,17)(H2,14,15,18).